The van der Waals surface area contributed by atoms with Crippen LogP contribution in [0, 0.1) is 0 Å². The zero-order valence-corrected chi connectivity index (χ0v) is 27.6. The van der Waals surface area contributed by atoms with E-state index in [4.69, 9.17) is 21.4 Å². The molecular weight excluding hydrogens is 652 g/mol. The Bertz CT molecular complexity index is 1750. The molecule has 242 valence electrons. The van der Waals surface area contributed by atoms with E-state index in [0.29, 0.717) is 34.0 Å². The summed E-state index contributed by atoms with van der Waals surface area (Å²) in [4.78, 5) is 1.35. The first kappa shape index (κ1) is 35.6. The predicted octanol–water partition coefficient (Wildman–Crippen LogP) is 3.74. The maximum absolute atomic E-state index is 12.4. The van der Waals surface area contributed by atoms with Gasteiger partial charge in [0.1, 0.15) is 11.5 Å². The lowest BCUT2D eigenvalue weighted by Crippen LogP contribution is -2.27. The van der Waals surface area contributed by atoms with Crippen LogP contribution in [0.3, 0.4) is 0 Å². The molecular formula is C29H37ClN2O9S3. The fourth-order valence-electron chi connectivity index (χ4n) is 4.77. The van der Waals surface area contributed by atoms with Gasteiger partial charge in [-0.05, 0) is 30.7 Å². The van der Waals surface area contributed by atoms with E-state index in [1.54, 1.807) is 67.4 Å². The molecule has 0 saturated heterocycles. The van der Waals surface area contributed by atoms with Crippen LogP contribution in [0.1, 0.15) is 24.0 Å². The van der Waals surface area contributed by atoms with Gasteiger partial charge < -0.3 is 20.1 Å². The number of benzene rings is 2. The maximum Gasteiger partial charge on any atom is 0.294 e. The fourth-order valence-corrected chi connectivity index (χ4v) is 8.05. The van der Waals surface area contributed by atoms with Gasteiger partial charge >= 0.3 is 0 Å². The number of ether oxygens (including phenoxy) is 1. The lowest BCUT2D eigenvalue weighted by atomic mass is 9.81. The number of hydrogen-bond donors (Lipinski definition) is 3. The molecule has 1 aliphatic heterocycles. The molecule has 0 fully saturated rings. The second kappa shape index (κ2) is 14.9. The van der Waals surface area contributed by atoms with E-state index in [1.165, 1.54) is 0 Å². The van der Waals surface area contributed by atoms with Crippen LogP contribution in [0.4, 0.5) is 11.4 Å². The van der Waals surface area contributed by atoms with Gasteiger partial charge in [0.2, 0.25) is 0 Å². The Labute approximate surface area is 264 Å². The number of halogens is 1. The van der Waals surface area contributed by atoms with Crippen molar-refractivity contribution in [3.63, 3.8) is 0 Å². The lowest BCUT2D eigenvalue weighted by molar-refractivity contribution is 0.319. The Hall–Kier alpha value is -2.88. The number of hydrogen-bond acceptors (Lipinski definition) is 10. The molecule has 0 amide bonds. The fraction of sp³-hybridized carbons (Fsp3) is 0.379. The first-order valence-electron chi connectivity index (χ1n) is 13.6. The molecule has 2 aromatic carbocycles. The van der Waals surface area contributed by atoms with E-state index in [0.717, 1.165) is 6.08 Å². The van der Waals surface area contributed by atoms with Gasteiger partial charge in [-0.2, -0.15) is 8.42 Å². The van der Waals surface area contributed by atoms with Crippen LogP contribution in [-0.4, -0.2) is 90.5 Å². The Balaban J connectivity index is 2.10. The standard InChI is InChI=1S/C29H37ClN2O9S3/c1-4-6-25(28(5-2)44(38,39)40)29-23-9-7-21(31-12-16-42(34,35)15-11-30)19-26(23)41-27-20-22(8-10-24(27)29)32(3)13-17-43(36,37)18-14-33/h4-10,19-20,29,31,33H,2,11-18H2,1,3H3,(H,38,39,40)/b6-4-,28-25-. The maximum atomic E-state index is 12.4. The average Bonchev–Trinajstić information content (AvgIpc) is 2.93. The number of aliphatic hydroxyl groups excluding tert-OH is 1. The van der Waals surface area contributed by atoms with E-state index in [2.05, 4.69) is 11.9 Å². The van der Waals surface area contributed by atoms with Gasteiger partial charge in [-0.15, -0.1) is 11.6 Å². The van der Waals surface area contributed by atoms with E-state index < -0.39 is 42.3 Å². The lowest BCUT2D eigenvalue weighted by Gasteiger charge is -2.31. The van der Waals surface area contributed by atoms with Gasteiger partial charge in [-0.25, -0.2) is 16.8 Å². The molecule has 1 aliphatic rings. The Kier molecular flexibility index (Phi) is 12.1. The van der Waals surface area contributed by atoms with Crippen molar-refractivity contribution in [1.29, 1.82) is 0 Å². The van der Waals surface area contributed by atoms with Crippen molar-refractivity contribution in [3.05, 3.63) is 82.8 Å². The second-order valence-electron chi connectivity index (χ2n) is 10.1. The quantitative estimate of drug-likeness (QED) is 0.134. The number of fused-ring (bicyclic) bond motifs is 2. The summed E-state index contributed by atoms with van der Waals surface area (Å²) in [7, 11) is -9.73. The van der Waals surface area contributed by atoms with Crippen LogP contribution >= 0.6 is 11.6 Å². The van der Waals surface area contributed by atoms with Crippen molar-refractivity contribution in [2.75, 3.05) is 65.9 Å². The number of anilines is 2. The number of nitrogens with zero attached hydrogens (tertiary/aromatic N) is 1. The topological polar surface area (TPSA) is 167 Å². The Morgan fingerprint density at radius 1 is 1.00 bits per heavy atom. The number of aliphatic hydroxyl groups is 1. The van der Waals surface area contributed by atoms with Crippen molar-refractivity contribution in [3.8, 4) is 11.5 Å². The van der Waals surface area contributed by atoms with Crippen molar-refractivity contribution in [2.45, 2.75) is 12.8 Å². The van der Waals surface area contributed by atoms with E-state index >= 15 is 0 Å². The molecule has 2 aromatic rings. The molecule has 0 spiro atoms. The summed E-state index contributed by atoms with van der Waals surface area (Å²) in [5.41, 5.74) is 2.61. The van der Waals surface area contributed by atoms with Gasteiger partial charge in [0, 0.05) is 66.6 Å². The summed E-state index contributed by atoms with van der Waals surface area (Å²) in [6, 6.07) is 10.3. The average molecular weight is 689 g/mol. The molecule has 0 radical (unpaired) electrons. The third kappa shape index (κ3) is 9.08. The molecule has 1 unspecified atom stereocenters. The molecule has 11 nitrogen and oxygen atoms in total. The molecule has 1 heterocycles. The zero-order valence-electron chi connectivity index (χ0n) is 24.4. The molecule has 0 aliphatic carbocycles. The zero-order chi connectivity index (χ0) is 32.7. The van der Waals surface area contributed by atoms with Crippen molar-refractivity contribution >= 4 is 52.8 Å². The number of rotatable bonds is 16. The molecule has 15 heteroatoms. The Morgan fingerprint density at radius 2 is 1.64 bits per heavy atom. The highest BCUT2D eigenvalue weighted by Crippen LogP contribution is 2.50. The Morgan fingerprint density at radius 3 is 2.23 bits per heavy atom. The number of allylic oxidation sites excluding steroid dienone is 4. The number of sulfone groups is 2. The van der Waals surface area contributed by atoms with Gasteiger partial charge in [0.15, 0.2) is 19.7 Å². The molecule has 44 heavy (non-hydrogen) atoms. The highest BCUT2D eigenvalue weighted by atomic mass is 35.5. The molecule has 0 aromatic heterocycles. The van der Waals surface area contributed by atoms with E-state index in [9.17, 15) is 29.8 Å². The van der Waals surface area contributed by atoms with Gasteiger partial charge in [0.25, 0.3) is 10.1 Å². The summed E-state index contributed by atoms with van der Waals surface area (Å²) >= 11 is 5.58. The van der Waals surface area contributed by atoms with Crippen LogP contribution in [0.15, 0.2) is 71.7 Å². The number of alkyl halides is 1. The first-order chi connectivity index (χ1) is 20.7. The minimum Gasteiger partial charge on any atom is -0.457 e. The summed E-state index contributed by atoms with van der Waals surface area (Å²) in [6.07, 6.45) is 4.30. The van der Waals surface area contributed by atoms with Crippen molar-refractivity contribution < 1.29 is 39.6 Å². The van der Waals surface area contributed by atoms with Crippen LogP contribution in [0.5, 0.6) is 11.5 Å². The van der Waals surface area contributed by atoms with Crippen LogP contribution in [-0.2, 0) is 29.8 Å². The highest BCUT2D eigenvalue weighted by Gasteiger charge is 2.33. The largest absolute Gasteiger partial charge is 0.457 e. The van der Waals surface area contributed by atoms with Gasteiger partial charge in [-0.1, -0.05) is 30.9 Å². The van der Waals surface area contributed by atoms with Gasteiger partial charge in [-0.3, -0.25) is 4.55 Å². The summed E-state index contributed by atoms with van der Waals surface area (Å²) < 4.78 is 89.6. The van der Waals surface area contributed by atoms with Crippen LogP contribution < -0.4 is 15.0 Å². The predicted molar refractivity (Wildman–Crippen MR) is 175 cm³/mol. The SMILES string of the molecule is C=C/C(=C(\C=C/C)C1c2ccc(NCCS(=O)(=O)CCCl)cc2Oc2cc(N(C)CCS(=O)(=O)CCO)ccc21)S(=O)(=O)O. The molecule has 3 N–H and O–H groups in total. The smallest absolute Gasteiger partial charge is 0.294 e. The summed E-state index contributed by atoms with van der Waals surface area (Å²) in [5, 5.41) is 12.1. The monoisotopic (exact) mass is 688 g/mol. The molecule has 0 bridgehead atoms. The summed E-state index contributed by atoms with van der Waals surface area (Å²) in [5.74, 6) is -0.750. The van der Waals surface area contributed by atoms with E-state index in [-0.39, 0.29) is 52.5 Å². The minimum absolute atomic E-state index is 0.00375. The van der Waals surface area contributed by atoms with Crippen LogP contribution in [0.25, 0.3) is 0 Å². The first-order valence-corrected chi connectivity index (χ1v) is 19.2. The number of nitrogens with one attached hydrogen (secondary N) is 1. The molecule has 1 atom stereocenters. The molecule has 0 saturated carbocycles. The van der Waals surface area contributed by atoms with Crippen molar-refractivity contribution in [2.24, 2.45) is 0 Å². The highest BCUT2D eigenvalue weighted by molar-refractivity contribution is 7.91. The minimum atomic E-state index is -4.67. The van der Waals surface area contributed by atoms with Crippen LogP contribution in [0.2, 0.25) is 0 Å². The summed E-state index contributed by atoms with van der Waals surface area (Å²) in [6.45, 7) is 5.13. The van der Waals surface area contributed by atoms with Crippen molar-refractivity contribution in [1.82, 2.24) is 0 Å². The third-order valence-electron chi connectivity index (χ3n) is 6.97. The van der Waals surface area contributed by atoms with Gasteiger partial charge in [0.05, 0.1) is 34.5 Å². The normalized spacial score (nSPS) is 15.6. The second-order valence-corrected chi connectivity index (χ2v) is 16.4. The van der Waals surface area contributed by atoms with E-state index in [1.807, 2.05) is 0 Å². The molecule has 3 rings (SSSR count). The third-order valence-corrected chi connectivity index (χ3v) is 11.6.